The first-order valence-corrected chi connectivity index (χ1v) is 8.61. The Morgan fingerprint density at radius 1 is 1.17 bits per heavy atom. The van der Waals surface area contributed by atoms with Crippen molar-refractivity contribution in [1.29, 1.82) is 0 Å². The minimum Gasteiger partial charge on any atom is -0.481 e. The summed E-state index contributed by atoms with van der Waals surface area (Å²) in [6, 6.07) is 7.62. The van der Waals surface area contributed by atoms with Crippen molar-refractivity contribution in [3.05, 3.63) is 30.1 Å². The molecule has 2 aliphatic rings. The Morgan fingerprint density at radius 2 is 1.96 bits per heavy atom. The van der Waals surface area contributed by atoms with Gasteiger partial charge >= 0.3 is 5.97 Å². The minimum absolute atomic E-state index is 0.164. The molecule has 0 amide bonds. The van der Waals surface area contributed by atoms with E-state index in [0.29, 0.717) is 12.1 Å². The zero-order valence-corrected chi connectivity index (χ0v) is 13.4. The van der Waals surface area contributed by atoms with Crippen LogP contribution < -0.4 is 10.2 Å². The Labute approximate surface area is 136 Å². The molecule has 1 aliphatic heterocycles. The molecule has 1 saturated heterocycles. The first kappa shape index (κ1) is 16.2. The number of halogens is 1. The largest absolute Gasteiger partial charge is 0.481 e. The van der Waals surface area contributed by atoms with Crippen LogP contribution in [0.4, 0.5) is 10.1 Å². The summed E-state index contributed by atoms with van der Waals surface area (Å²) in [6.45, 7) is 1.86. The second-order valence-corrected chi connectivity index (χ2v) is 6.82. The smallest absolute Gasteiger partial charge is 0.306 e. The lowest BCUT2D eigenvalue weighted by Gasteiger charge is -2.38. The van der Waals surface area contributed by atoms with E-state index >= 15 is 0 Å². The van der Waals surface area contributed by atoms with Crippen LogP contribution in [0.3, 0.4) is 0 Å². The molecular formula is C18H25FN2O2. The molecule has 1 unspecified atom stereocenters. The molecule has 4 nitrogen and oxygen atoms in total. The van der Waals surface area contributed by atoms with E-state index in [-0.39, 0.29) is 11.7 Å². The van der Waals surface area contributed by atoms with Crippen LogP contribution >= 0.6 is 0 Å². The summed E-state index contributed by atoms with van der Waals surface area (Å²) in [7, 11) is 0. The first-order valence-electron chi connectivity index (χ1n) is 8.61. The predicted octanol–water partition coefficient (Wildman–Crippen LogP) is 3.03. The summed E-state index contributed by atoms with van der Waals surface area (Å²) < 4.78 is 13.4. The molecule has 1 aromatic carbocycles. The van der Waals surface area contributed by atoms with E-state index in [0.717, 1.165) is 57.3 Å². The lowest BCUT2D eigenvalue weighted by molar-refractivity contribution is -0.142. The van der Waals surface area contributed by atoms with Gasteiger partial charge in [0, 0.05) is 30.9 Å². The minimum atomic E-state index is -0.654. The number of anilines is 1. The van der Waals surface area contributed by atoms with Crippen molar-refractivity contribution in [2.45, 2.75) is 50.6 Å². The van der Waals surface area contributed by atoms with Gasteiger partial charge in [-0.2, -0.15) is 0 Å². The van der Waals surface area contributed by atoms with E-state index in [1.807, 2.05) is 6.07 Å². The van der Waals surface area contributed by atoms with Crippen LogP contribution in [0.25, 0.3) is 0 Å². The number of nitrogens with one attached hydrogen (secondary N) is 1. The molecule has 0 spiro atoms. The molecule has 0 aromatic heterocycles. The molecule has 1 aliphatic carbocycles. The summed E-state index contributed by atoms with van der Waals surface area (Å²) in [5.41, 5.74) is 0.950. The fraction of sp³-hybridized carbons (Fsp3) is 0.611. The van der Waals surface area contributed by atoms with Gasteiger partial charge in [0.05, 0.1) is 5.92 Å². The Bertz CT molecular complexity index is 544. The topological polar surface area (TPSA) is 52.6 Å². The van der Waals surface area contributed by atoms with Gasteiger partial charge < -0.3 is 15.3 Å². The molecule has 1 heterocycles. The van der Waals surface area contributed by atoms with Crippen LogP contribution in [-0.4, -0.2) is 36.2 Å². The maximum absolute atomic E-state index is 13.4. The van der Waals surface area contributed by atoms with E-state index in [2.05, 4.69) is 10.2 Å². The molecule has 5 heteroatoms. The number of carboxylic acids is 1. The van der Waals surface area contributed by atoms with Crippen LogP contribution in [0.5, 0.6) is 0 Å². The average Bonchev–Trinajstić information content (AvgIpc) is 2.56. The number of carbonyl (C=O) groups is 1. The van der Waals surface area contributed by atoms with Crippen LogP contribution in [0.1, 0.15) is 38.5 Å². The number of piperidine rings is 1. The van der Waals surface area contributed by atoms with E-state index < -0.39 is 5.97 Å². The lowest BCUT2D eigenvalue weighted by atomic mass is 9.85. The number of carboxylic acid groups (broad SMARTS) is 1. The number of nitrogens with zero attached hydrogens (tertiary/aromatic N) is 1. The van der Waals surface area contributed by atoms with Crippen molar-refractivity contribution in [3.8, 4) is 0 Å². The van der Waals surface area contributed by atoms with Crippen molar-refractivity contribution in [2.24, 2.45) is 5.92 Å². The second kappa shape index (κ2) is 7.30. The molecule has 1 saturated carbocycles. The van der Waals surface area contributed by atoms with E-state index in [1.165, 1.54) is 6.07 Å². The third-order valence-electron chi connectivity index (χ3n) is 5.14. The molecule has 2 fully saturated rings. The Morgan fingerprint density at radius 3 is 2.65 bits per heavy atom. The molecular weight excluding hydrogens is 295 g/mol. The van der Waals surface area contributed by atoms with Gasteiger partial charge in [-0.25, -0.2) is 4.39 Å². The van der Waals surface area contributed by atoms with Gasteiger partial charge in [0.1, 0.15) is 5.82 Å². The number of hydrogen-bond acceptors (Lipinski definition) is 3. The fourth-order valence-electron chi connectivity index (χ4n) is 3.86. The molecule has 23 heavy (non-hydrogen) atoms. The zero-order valence-electron chi connectivity index (χ0n) is 13.4. The Kier molecular flexibility index (Phi) is 5.16. The van der Waals surface area contributed by atoms with Crippen molar-refractivity contribution in [3.63, 3.8) is 0 Å². The second-order valence-electron chi connectivity index (χ2n) is 6.82. The SMILES string of the molecule is O=C(O)C1CCC(NC2CCCN(c3cccc(F)c3)C2)CC1. The number of hydrogen-bond donors (Lipinski definition) is 2. The average molecular weight is 320 g/mol. The van der Waals surface area contributed by atoms with Crippen LogP contribution in [-0.2, 0) is 4.79 Å². The highest BCUT2D eigenvalue weighted by molar-refractivity contribution is 5.70. The summed E-state index contributed by atoms with van der Waals surface area (Å²) >= 11 is 0. The maximum Gasteiger partial charge on any atom is 0.306 e. The molecule has 2 N–H and O–H groups in total. The van der Waals surface area contributed by atoms with E-state index in [1.54, 1.807) is 12.1 Å². The van der Waals surface area contributed by atoms with Gasteiger partial charge in [0.15, 0.2) is 0 Å². The maximum atomic E-state index is 13.4. The zero-order chi connectivity index (χ0) is 16.2. The normalized spacial score (nSPS) is 28.6. The van der Waals surface area contributed by atoms with Gasteiger partial charge in [-0.3, -0.25) is 4.79 Å². The third-order valence-corrected chi connectivity index (χ3v) is 5.14. The van der Waals surface area contributed by atoms with Crippen LogP contribution in [0.2, 0.25) is 0 Å². The van der Waals surface area contributed by atoms with Crippen molar-refractivity contribution >= 4 is 11.7 Å². The van der Waals surface area contributed by atoms with Crippen molar-refractivity contribution in [2.75, 3.05) is 18.0 Å². The van der Waals surface area contributed by atoms with Gasteiger partial charge in [0.25, 0.3) is 0 Å². The molecule has 1 aromatic rings. The fourth-order valence-corrected chi connectivity index (χ4v) is 3.86. The third kappa shape index (κ3) is 4.22. The highest BCUT2D eigenvalue weighted by Gasteiger charge is 2.28. The van der Waals surface area contributed by atoms with Gasteiger partial charge in [-0.05, 0) is 56.7 Å². The van der Waals surface area contributed by atoms with Gasteiger partial charge in [-0.15, -0.1) is 0 Å². The van der Waals surface area contributed by atoms with Crippen LogP contribution in [0.15, 0.2) is 24.3 Å². The van der Waals surface area contributed by atoms with E-state index in [4.69, 9.17) is 5.11 Å². The highest BCUT2D eigenvalue weighted by atomic mass is 19.1. The Balaban J connectivity index is 1.52. The van der Waals surface area contributed by atoms with Crippen LogP contribution in [0, 0.1) is 11.7 Å². The molecule has 0 bridgehead atoms. The van der Waals surface area contributed by atoms with E-state index in [9.17, 15) is 9.18 Å². The predicted molar refractivity (Wildman–Crippen MR) is 88.2 cm³/mol. The quantitative estimate of drug-likeness (QED) is 0.895. The van der Waals surface area contributed by atoms with Gasteiger partial charge in [-0.1, -0.05) is 6.07 Å². The van der Waals surface area contributed by atoms with Gasteiger partial charge in [0.2, 0.25) is 0 Å². The van der Waals surface area contributed by atoms with Crippen molar-refractivity contribution in [1.82, 2.24) is 5.32 Å². The van der Waals surface area contributed by atoms with Crippen molar-refractivity contribution < 1.29 is 14.3 Å². The lowest BCUT2D eigenvalue weighted by Crippen LogP contribution is -2.50. The summed E-state index contributed by atoms with van der Waals surface area (Å²) in [6.07, 6.45) is 5.64. The first-order chi connectivity index (χ1) is 11.1. The number of aliphatic carboxylic acids is 1. The number of benzene rings is 1. The molecule has 3 rings (SSSR count). The Hall–Kier alpha value is -1.62. The summed E-state index contributed by atoms with van der Waals surface area (Å²) in [4.78, 5) is 13.3. The number of rotatable bonds is 4. The highest BCUT2D eigenvalue weighted by Crippen LogP contribution is 2.26. The summed E-state index contributed by atoms with van der Waals surface area (Å²) in [5.74, 6) is -1.01. The monoisotopic (exact) mass is 320 g/mol. The molecule has 1 atom stereocenters. The standard InChI is InChI=1S/C18H25FN2O2/c19-14-3-1-5-17(11-14)21-10-2-4-16(12-21)20-15-8-6-13(7-9-15)18(22)23/h1,3,5,11,13,15-16,20H,2,4,6-10,12H2,(H,22,23). The molecule has 126 valence electrons. The molecule has 0 radical (unpaired) electrons. The summed E-state index contributed by atoms with van der Waals surface area (Å²) in [5, 5.41) is 12.8.